The minimum absolute atomic E-state index is 0.157. The van der Waals surface area contributed by atoms with Crippen molar-refractivity contribution >= 4 is 0 Å². The van der Waals surface area contributed by atoms with E-state index in [1.54, 1.807) is 0 Å². The third-order valence-corrected chi connectivity index (χ3v) is 1.81. The van der Waals surface area contributed by atoms with Crippen molar-refractivity contribution in [3.05, 3.63) is 0 Å². The van der Waals surface area contributed by atoms with Gasteiger partial charge in [0.05, 0.1) is 6.10 Å². The summed E-state index contributed by atoms with van der Waals surface area (Å²) in [5.74, 6) is 1.02. The van der Waals surface area contributed by atoms with Crippen LogP contribution in [0.1, 0.15) is 27.7 Å². The van der Waals surface area contributed by atoms with Crippen molar-refractivity contribution in [3.8, 4) is 0 Å². The minimum atomic E-state index is -0.157. The number of hydrogen-bond acceptors (Lipinski definition) is 1. The van der Waals surface area contributed by atoms with Gasteiger partial charge in [-0.2, -0.15) is 0 Å². The van der Waals surface area contributed by atoms with Crippen molar-refractivity contribution in [2.45, 2.75) is 33.8 Å². The van der Waals surface area contributed by atoms with E-state index in [4.69, 9.17) is 5.11 Å². The van der Waals surface area contributed by atoms with E-state index >= 15 is 0 Å². The minimum Gasteiger partial charge on any atom is -0.393 e. The molecule has 0 radical (unpaired) electrons. The molecular formula is C7H16O. The van der Waals surface area contributed by atoms with Gasteiger partial charge < -0.3 is 5.11 Å². The van der Waals surface area contributed by atoms with Crippen LogP contribution in [-0.2, 0) is 0 Å². The van der Waals surface area contributed by atoms with Gasteiger partial charge in [0.1, 0.15) is 0 Å². The van der Waals surface area contributed by atoms with E-state index in [1.807, 2.05) is 6.92 Å². The maximum Gasteiger partial charge on any atom is 0.0540 e. The van der Waals surface area contributed by atoms with Crippen molar-refractivity contribution in [1.82, 2.24) is 0 Å². The maximum absolute atomic E-state index is 8.99. The monoisotopic (exact) mass is 116 g/mol. The highest BCUT2D eigenvalue weighted by molar-refractivity contribution is 4.61. The highest BCUT2D eigenvalue weighted by Crippen LogP contribution is 2.12. The molecule has 1 nitrogen and oxygen atoms in total. The van der Waals surface area contributed by atoms with E-state index in [0.29, 0.717) is 11.8 Å². The van der Waals surface area contributed by atoms with E-state index in [9.17, 15) is 0 Å². The Kier molecular flexibility index (Phi) is 3.06. The number of aliphatic hydroxyl groups excluding tert-OH is 1. The molecular weight excluding hydrogens is 100 g/mol. The number of hydrogen-bond donors (Lipinski definition) is 1. The van der Waals surface area contributed by atoms with Gasteiger partial charge >= 0.3 is 0 Å². The molecule has 0 aliphatic carbocycles. The van der Waals surface area contributed by atoms with Gasteiger partial charge in [-0.15, -0.1) is 0 Å². The molecule has 8 heavy (non-hydrogen) atoms. The Bertz CT molecular complexity index is 49.4. The molecule has 0 heterocycles. The van der Waals surface area contributed by atoms with Gasteiger partial charge in [-0.3, -0.25) is 0 Å². The fourth-order valence-electron chi connectivity index (χ4n) is 0.557. The van der Waals surface area contributed by atoms with Crippen molar-refractivity contribution in [1.29, 1.82) is 0 Å². The van der Waals surface area contributed by atoms with E-state index in [2.05, 4.69) is 20.8 Å². The topological polar surface area (TPSA) is 20.2 Å². The highest BCUT2D eigenvalue weighted by Gasteiger charge is 2.11. The largest absolute Gasteiger partial charge is 0.393 e. The predicted octanol–water partition coefficient (Wildman–Crippen LogP) is 1.66. The van der Waals surface area contributed by atoms with E-state index in [-0.39, 0.29) is 6.10 Å². The van der Waals surface area contributed by atoms with Crippen LogP contribution in [-0.4, -0.2) is 11.2 Å². The van der Waals surface area contributed by atoms with Gasteiger partial charge in [-0.05, 0) is 18.8 Å². The van der Waals surface area contributed by atoms with Crippen molar-refractivity contribution < 1.29 is 5.11 Å². The lowest BCUT2D eigenvalue weighted by Crippen LogP contribution is -2.18. The SMILES string of the molecule is CC(C)[C@H](C)[C@H](C)O. The molecule has 0 fully saturated rings. The van der Waals surface area contributed by atoms with Crippen LogP contribution in [0.4, 0.5) is 0 Å². The van der Waals surface area contributed by atoms with Gasteiger partial charge in [0.2, 0.25) is 0 Å². The molecule has 50 valence electrons. The summed E-state index contributed by atoms with van der Waals surface area (Å²) >= 11 is 0. The lowest BCUT2D eigenvalue weighted by Gasteiger charge is -2.17. The Balaban J connectivity index is 3.46. The van der Waals surface area contributed by atoms with Gasteiger partial charge in [0, 0.05) is 0 Å². The van der Waals surface area contributed by atoms with E-state index in [1.165, 1.54) is 0 Å². The fourth-order valence-corrected chi connectivity index (χ4v) is 0.557. The molecule has 0 spiro atoms. The van der Waals surface area contributed by atoms with Crippen LogP contribution < -0.4 is 0 Å². The number of aliphatic hydroxyl groups is 1. The van der Waals surface area contributed by atoms with Crippen LogP contribution in [0.2, 0.25) is 0 Å². The maximum atomic E-state index is 8.99. The molecule has 0 aliphatic heterocycles. The summed E-state index contributed by atoms with van der Waals surface area (Å²) < 4.78 is 0. The van der Waals surface area contributed by atoms with Gasteiger partial charge in [0.25, 0.3) is 0 Å². The van der Waals surface area contributed by atoms with Crippen LogP contribution in [0, 0.1) is 11.8 Å². The molecule has 0 aromatic rings. The molecule has 0 bridgehead atoms. The third-order valence-electron chi connectivity index (χ3n) is 1.81. The molecule has 0 amide bonds. The van der Waals surface area contributed by atoms with E-state index < -0.39 is 0 Å². The molecule has 0 aliphatic rings. The fraction of sp³-hybridized carbons (Fsp3) is 1.00. The first-order valence-electron chi connectivity index (χ1n) is 3.23. The Hall–Kier alpha value is -0.0400. The van der Waals surface area contributed by atoms with E-state index in [0.717, 1.165) is 0 Å². The van der Waals surface area contributed by atoms with Crippen LogP contribution in [0.15, 0.2) is 0 Å². The molecule has 1 N–H and O–H groups in total. The second-order valence-corrected chi connectivity index (χ2v) is 2.84. The summed E-state index contributed by atoms with van der Waals surface area (Å²) in [6.45, 7) is 8.15. The van der Waals surface area contributed by atoms with Crippen LogP contribution >= 0.6 is 0 Å². The Morgan fingerprint density at radius 3 is 1.38 bits per heavy atom. The highest BCUT2D eigenvalue weighted by atomic mass is 16.3. The quantitative estimate of drug-likeness (QED) is 0.581. The molecule has 1 heteroatoms. The first kappa shape index (κ1) is 7.96. The van der Waals surface area contributed by atoms with Gasteiger partial charge in [-0.1, -0.05) is 20.8 Å². The first-order chi connectivity index (χ1) is 3.55. The zero-order chi connectivity index (χ0) is 6.73. The second-order valence-electron chi connectivity index (χ2n) is 2.84. The molecule has 0 aromatic heterocycles. The van der Waals surface area contributed by atoms with Gasteiger partial charge in [0.15, 0.2) is 0 Å². The normalized spacial score (nSPS) is 18.8. The molecule has 0 unspecified atom stereocenters. The lowest BCUT2D eigenvalue weighted by molar-refractivity contribution is 0.109. The lowest BCUT2D eigenvalue weighted by atomic mass is 9.93. The number of rotatable bonds is 2. The standard InChI is InChI=1S/C7H16O/c1-5(2)6(3)7(4)8/h5-8H,1-4H3/t6-,7-/m0/s1. The summed E-state index contributed by atoms with van der Waals surface area (Å²) in [5, 5.41) is 8.99. The Labute approximate surface area is 51.7 Å². The first-order valence-corrected chi connectivity index (χ1v) is 3.23. The molecule has 0 saturated carbocycles. The zero-order valence-electron chi connectivity index (χ0n) is 6.18. The Morgan fingerprint density at radius 1 is 1.00 bits per heavy atom. The van der Waals surface area contributed by atoms with Crippen LogP contribution in [0.25, 0.3) is 0 Å². The Morgan fingerprint density at radius 2 is 1.38 bits per heavy atom. The summed E-state index contributed by atoms with van der Waals surface area (Å²) in [4.78, 5) is 0. The van der Waals surface area contributed by atoms with Crippen LogP contribution in [0.5, 0.6) is 0 Å². The predicted molar refractivity (Wildman–Crippen MR) is 35.7 cm³/mol. The van der Waals surface area contributed by atoms with Gasteiger partial charge in [-0.25, -0.2) is 0 Å². The summed E-state index contributed by atoms with van der Waals surface area (Å²) in [7, 11) is 0. The average molecular weight is 116 g/mol. The van der Waals surface area contributed by atoms with Crippen LogP contribution in [0.3, 0.4) is 0 Å². The molecule has 0 rings (SSSR count). The average Bonchev–Trinajstić information content (AvgIpc) is 1.64. The van der Waals surface area contributed by atoms with Crippen molar-refractivity contribution in [2.24, 2.45) is 11.8 Å². The zero-order valence-corrected chi connectivity index (χ0v) is 6.18. The third kappa shape index (κ3) is 2.31. The smallest absolute Gasteiger partial charge is 0.0540 e. The second kappa shape index (κ2) is 3.08. The van der Waals surface area contributed by atoms with Crippen molar-refractivity contribution in [3.63, 3.8) is 0 Å². The molecule has 0 aromatic carbocycles. The summed E-state index contributed by atoms with van der Waals surface area (Å²) in [6, 6.07) is 0. The summed E-state index contributed by atoms with van der Waals surface area (Å²) in [5.41, 5.74) is 0. The molecule has 2 atom stereocenters. The van der Waals surface area contributed by atoms with Crippen molar-refractivity contribution in [2.75, 3.05) is 0 Å². The summed E-state index contributed by atoms with van der Waals surface area (Å²) in [6.07, 6.45) is -0.157. The molecule has 0 saturated heterocycles.